The maximum Gasteiger partial charge on any atom is 0.306 e. The number of rotatable bonds is 61. The van der Waals surface area contributed by atoms with Gasteiger partial charge in [0.25, 0.3) is 0 Å². The number of carbonyl (C=O) groups excluding carboxylic acids is 3. The Morgan fingerprint density at radius 1 is 0.264 bits per heavy atom. The summed E-state index contributed by atoms with van der Waals surface area (Å²) in [4.78, 5) is 38.3. The van der Waals surface area contributed by atoms with Crippen LogP contribution in [0.2, 0.25) is 0 Å². The van der Waals surface area contributed by atoms with Gasteiger partial charge in [-0.1, -0.05) is 322 Å². The molecule has 72 heavy (non-hydrogen) atoms. The molecule has 0 amide bonds. The van der Waals surface area contributed by atoms with Gasteiger partial charge >= 0.3 is 17.9 Å². The summed E-state index contributed by atoms with van der Waals surface area (Å²) >= 11 is 0. The average molecular weight is 1020 g/mol. The highest BCUT2D eigenvalue weighted by Gasteiger charge is 2.19. The smallest absolute Gasteiger partial charge is 0.306 e. The predicted octanol–water partition coefficient (Wildman–Crippen LogP) is 22.1. The zero-order valence-corrected chi connectivity index (χ0v) is 49.0. The van der Waals surface area contributed by atoms with E-state index in [1.165, 1.54) is 270 Å². The lowest BCUT2D eigenvalue weighted by Crippen LogP contribution is -2.30. The van der Waals surface area contributed by atoms with Crippen molar-refractivity contribution in [1.82, 2.24) is 0 Å². The zero-order valence-electron chi connectivity index (χ0n) is 49.0. The number of esters is 3. The quantitative estimate of drug-likeness (QED) is 0.0261. The first-order chi connectivity index (χ1) is 35.5. The standard InChI is InChI=1S/C66H126O6/c1-4-7-10-13-16-19-22-25-27-29-31-32-33-34-35-36-38-39-41-44-47-50-53-56-59-65(68)71-62-63(61-70-64(67)58-55-52-49-46-43-24-21-18-15-12-9-6-3)72-66(69)60-57-54-51-48-45-42-40-37-30-28-26-23-20-17-14-11-8-5-2/h18,21,63H,4-17,19-20,22-62H2,1-3H3/b21-18-. The van der Waals surface area contributed by atoms with Gasteiger partial charge in [-0.05, 0) is 44.9 Å². The van der Waals surface area contributed by atoms with Crippen molar-refractivity contribution in [1.29, 1.82) is 0 Å². The Labute approximate surface area is 450 Å². The monoisotopic (exact) mass is 1010 g/mol. The van der Waals surface area contributed by atoms with Crippen LogP contribution < -0.4 is 0 Å². The topological polar surface area (TPSA) is 78.9 Å². The summed E-state index contributed by atoms with van der Waals surface area (Å²) in [5.41, 5.74) is 0. The van der Waals surface area contributed by atoms with Crippen molar-refractivity contribution in [3.05, 3.63) is 12.2 Å². The highest BCUT2D eigenvalue weighted by atomic mass is 16.6. The molecule has 0 fully saturated rings. The number of unbranched alkanes of at least 4 members (excludes halogenated alkanes) is 48. The minimum atomic E-state index is -0.768. The fourth-order valence-electron chi connectivity index (χ4n) is 10.1. The lowest BCUT2D eigenvalue weighted by Gasteiger charge is -2.18. The van der Waals surface area contributed by atoms with Gasteiger partial charge in [-0.2, -0.15) is 0 Å². The minimum absolute atomic E-state index is 0.0660. The SMILES string of the molecule is CCCCC/C=C\CCCCCCCC(=O)OCC(COC(=O)CCCCCCCCCCCCCCCCCCCCCCCCCC)OC(=O)CCCCCCCCCCCCCCCCCCCC. The van der Waals surface area contributed by atoms with Crippen molar-refractivity contribution in [3.63, 3.8) is 0 Å². The lowest BCUT2D eigenvalue weighted by molar-refractivity contribution is -0.167. The number of hydrogen-bond acceptors (Lipinski definition) is 6. The van der Waals surface area contributed by atoms with Gasteiger partial charge in [0.05, 0.1) is 0 Å². The Balaban J connectivity index is 4.20. The second-order valence-electron chi connectivity index (χ2n) is 22.4. The molecule has 0 N–H and O–H groups in total. The first kappa shape index (κ1) is 70.1. The predicted molar refractivity (Wildman–Crippen MR) is 312 cm³/mol. The molecule has 0 aromatic rings. The van der Waals surface area contributed by atoms with Gasteiger partial charge in [0.15, 0.2) is 6.10 Å². The summed E-state index contributed by atoms with van der Waals surface area (Å²) in [6.07, 6.45) is 72.3. The fraction of sp³-hybridized carbons (Fsp3) is 0.924. The Bertz CT molecular complexity index is 1120. The van der Waals surface area contributed by atoms with Crippen LogP contribution in [0.3, 0.4) is 0 Å². The van der Waals surface area contributed by atoms with E-state index in [9.17, 15) is 14.4 Å². The molecule has 0 rings (SSSR count). The third kappa shape index (κ3) is 59.0. The van der Waals surface area contributed by atoms with Crippen LogP contribution in [-0.4, -0.2) is 37.2 Å². The lowest BCUT2D eigenvalue weighted by atomic mass is 10.0. The van der Waals surface area contributed by atoms with Crippen LogP contribution >= 0.6 is 0 Å². The molecule has 6 nitrogen and oxygen atoms in total. The van der Waals surface area contributed by atoms with E-state index in [1.807, 2.05) is 0 Å². The second-order valence-corrected chi connectivity index (χ2v) is 22.4. The van der Waals surface area contributed by atoms with Crippen molar-refractivity contribution < 1.29 is 28.6 Å². The summed E-state index contributed by atoms with van der Waals surface area (Å²) in [5, 5.41) is 0. The molecule has 0 aliphatic heterocycles. The molecule has 0 aromatic carbocycles. The molecular formula is C66H126O6. The average Bonchev–Trinajstić information content (AvgIpc) is 3.38. The normalized spacial score (nSPS) is 12.0. The van der Waals surface area contributed by atoms with E-state index in [0.717, 1.165) is 64.2 Å². The molecule has 1 unspecified atom stereocenters. The van der Waals surface area contributed by atoms with Gasteiger partial charge in [0.1, 0.15) is 13.2 Å². The van der Waals surface area contributed by atoms with Gasteiger partial charge in [0, 0.05) is 19.3 Å². The van der Waals surface area contributed by atoms with Crippen LogP contribution in [0, 0.1) is 0 Å². The molecule has 0 aliphatic rings. The van der Waals surface area contributed by atoms with Crippen molar-refractivity contribution in [3.8, 4) is 0 Å². The van der Waals surface area contributed by atoms with Gasteiger partial charge in [-0.25, -0.2) is 0 Å². The molecule has 0 heterocycles. The van der Waals surface area contributed by atoms with E-state index in [4.69, 9.17) is 14.2 Å². The van der Waals surface area contributed by atoms with Crippen molar-refractivity contribution in [2.24, 2.45) is 0 Å². The van der Waals surface area contributed by atoms with Crippen LogP contribution in [0.1, 0.15) is 374 Å². The summed E-state index contributed by atoms with van der Waals surface area (Å²) < 4.78 is 16.9. The van der Waals surface area contributed by atoms with Crippen LogP contribution in [0.4, 0.5) is 0 Å². The number of ether oxygens (including phenoxy) is 3. The Kier molecular flexibility index (Phi) is 60.1. The molecule has 6 heteroatoms. The van der Waals surface area contributed by atoms with E-state index in [0.29, 0.717) is 19.3 Å². The molecule has 426 valence electrons. The summed E-state index contributed by atoms with van der Waals surface area (Å²) in [5.74, 6) is -0.845. The Morgan fingerprint density at radius 3 is 0.722 bits per heavy atom. The maximum absolute atomic E-state index is 12.9. The van der Waals surface area contributed by atoms with Gasteiger partial charge < -0.3 is 14.2 Å². The molecule has 0 aliphatic carbocycles. The van der Waals surface area contributed by atoms with E-state index in [-0.39, 0.29) is 31.1 Å². The van der Waals surface area contributed by atoms with Crippen LogP contribution in [0.15, 0.2) is 12.2 Å². The number of carbonyl (C=O) groups is 3. The van der Waals surface area contributed by atoms with Gasteiger partial charge in [0.2, 0.25) is 0 Å². The first-order valence-corrected chi connectivity index (χ1v) is 32.7. The summed E-state index contributed by atoms with van der Waals surface area (Å²) in [6, 6.07) is 0. The largest absolute Gasteiger partial charge is 0.462 e. The maximum atomic E-state index is 12.9. The van der Waals surface area contributed by atoms with Gasteiger partial charge in [-0.15, -0.1) is 0 Å². The molecule has 0 bridgehead atoms. The highest BCUT2D eigenvalue weighted by Crippen LogP contribution is 2.18. The second kappa shape index (κ2) is 61.7. The fourth-order valence-corrected chi connectivity index (χ4v) is 10.1. The highest BCUT2D eigenvalue weighted by molar-refractivity contribution is 5.71. The third-order valence-corrected chi connectivity index (χ3v) is 15.0. The van der Waals surface area contributed by atoms with Crippen molar-refractivity contribution in [2.75, 3.05) is 13.2 Å². The first-order valence-electron chi connectivity index (χ1n) is 32.7. The zero-order chi connectivity index (χ0) is 52.2. The minimum Gasteiger partial charge on any atom is -0.462 e. The molecule has 0 saturated heterocycles. The van der Waals surface area contributed by atoms with Crippen LogP contribution in [0.5, 0.6) is 0 Å². The Hall–Kier alpha value is -1.85. The van der Waals surface area contributed by atoms with Crippen molar-refractivity contribution >= 4 is 17.9 Å². The molecule has 0 spiro atoms. The van der Waals surface area contributed by atoms with Crippen molar-refractivity contribution in [2.45, 2.75) is 380 Å². The van der Waals surface area contributed by atoms with E-state index < -0.39 is 6.10 Å². The molecule has 0 saturated carbocycles. The van der Waals surface area contributed by atoms with Crippen LogP contribution in [-0.2, 0) is 28.6 Å². The van der Waals surface area contributed by atoms with E-state index in [1.54, 1.807) is 0 Å². The summed E-state index contributed by atoms with van der Waals surface area (Å²) in [7, 11) is 0. The Morgan fingerprint density at radius 2 is 0.458 bits per heavy atom. The third-order valence-electron chi connectivity index (χ3n) is 15.0. The van der Waals surface area contributed by atoms with E-state index in [2.05, 4.69) is 32.9 Å². The van der Waals surface area contributed by atoms with Gasteiger partial charge in [-0.3, -0.25) is 14.4 Å². The molecule has 0 aromatic heterocycles. The van der Waals surface area contributed by atoms with E-state index >= 15 is 0 Å². The molecule has 0 radical (unpaired) electrons. The summed E-state index contributed by atoms with van der Waals surface area (Å²) in [6.45, 7) is 6.69. The molecule has 1 atom stereocenters. The number of hydrogen-bond donors (Lipinski definition) is 0. The van der Waals surface area contributed by atoms with Crippen LogP contribution in [0.25, 0.3) is 0 Å². The number of allylic oxidation sites excluding steroid dienone is 2. The molecular weight excluding hydrogens is 889 g/mol.